The zero-order valence-electron chi connectivity index (χ0n) is 18.6. The molecule has 1 saturated carbocycles. The molecule has 9 nitrogen and oxygen atoms in total. The number of halogens is 1. The van der Waals surface area contributed by atoms with Gasteiger partial charge < -0.3 is 5.73 Å². The number of nitrogens with two attached hydrogens (primary N) is 1. The van der Waals surface area contributed by atoms with Crippen molar-refractivity contribution in [2.24, 2.45) is 16.6 Å². The van der Waals surface area contributed by atoms with Gasteiger partial charge in [0.15, 0.2) is 15.5 Å². The third-order valence-corrected chi connectivity index (χ3v) is 9.51. The van der Waals surface area contributed by atoms with Crippen LogP contribution in [0.15, 0.2) is 29.8 Å². The molecule has 4 heterocycles. The number of sulfone groups is 1. The Morgan fingerprint density at radius 3 is 2.61 bits per heavy atom. The molecule has 0 saturated heterocycles. The van der Waals surface area contributed by atoms with Crippen molar-refractivity contribution in [1.29, 1.82) is 0 Å². The monoisotopic (exact) mass is 469 g/mol. The molecule has 0 amide bonds. The van der Waals surface area contributed by atoms with Gasteiger partial charge >= 0.3 is 0 Å². The quantitative estimate of drug-likeness (QED) is 0.613. The average molecular weight is 470 g/mol. The van der Waals surface area contributed by atoms with Gasteiger partial charge in [0.25, 0.3) is 0 Å². The molecule has 0 spiro atoms. The van der Waals surface area contributed by atoms with Crippen LogP contribution in [0.2, 0.25) is 0 Å². The molecule has 2 N–H and O–H groups in total. The summed E-state index contributed by atoms with van der Waals surface area (Å²) in [4.78, 5) is 26.0. The number of hydrogen-bond donors (Lipinski definition) is 1. The van der Waals surface area contributed by atoms with Crippen molar-refractivity contribution in [2.75, 3.05) is 5.75 Å². The Labute approximate surface area is 190 Å². The van der Waals surface area contributed by atoms with Gasteiger partial charge in [-0.15, -0.1) is 0 Å². The number of amidine groups is 1. The van der Waals surface area contributed by atoms with Crippen molar-refractivity contribution in [3.05, 3.63) is 53.2 Å². The van der Waals surface area contributed by atoms with Gasteiger partial charge in [-0.1, -0.05) is 0 Å². The number of hydrogen-bond acceptors (Lipinski definition) is 9. The third kappa shape index (κ3) is 3.45. The lowest BCUT2D eigenvalue weighted by Gasteiger charge is -2.40. The number of nitrogens with zero attached hydrogens (tertiary/aromatic N) is 6. The van der Waals surface area contributed by atoms with E-state index in [9.17, 15) is 12.8 Å². The van der Waals surface area contributed by atoms with E-state index in [0.29, 0.717) is 22.6 Å². The average Bonchev–Trinajstić information content (AvgIpc) is 3.58. The second kappa shape index (κ2) is 7.21. The van der Waals surface area contributed by atoms with Crippen LogP contribution < -0.4 is 5.73 Å². The molecule has 3 aromatic rings. The van der Waals surface area contributed by atoms with Crippen molar-refractivity contribution in [3.8, 4) is 0 Å². The van der Waals surface area contributed by atoms with Crippen LogP contribution in [-0.4, -0.2) is 49.7 Å². The molecule has 1 aliphatic heterocycles. The smallest absolute Gasteiger partial charge is 0.181 e. The van der Waals surface area contributed by atoms with Crippen LogP contribution >= 0.6 is 0 Å². The van der Waals surface area contributed by atoms with Crippen molar-refractivity contribution in [2.45, 2.75) is 50.3 Å². The molecule has 0 radical (unpaired) electrons. The summed E-state index contributed by atoms with van der Waals surface area (Å²) in [7, 11) is -3.67. The first-order valence-electron chi connectivity index (χ1n) is 10.7. The fourth-order valence-electron chi connectivity index (χ4n) is 4.59. The molecule has 11 heteroatoms. The third-order valence-electron chi connectivity index (χ3n) is 6.73. The lowest BCUT2D eigenvalue weighted by atomic mass is 9.92. The van der Waals surface area contributed by atoms with Gasteiger partial charge in [-0.25, -0.2) is 32.7 Å². The van der Waals surface area contributed by atoms with E-state index in [-0.39, 0.29) is 29.5 Å². The van der Waals surface area contributed by atoms with Crippen molar-refractivity contribution >= 4 is 26.8 Å². The Bertz CT molecular complexity index is 1420. The Balaban J connectivity index is 1.56. The molecule has 0 unspecified atom stereocenters. The van der Waals surface area contributed by atoms with E-state index in [0.717, 1.165) is 24.7 Å². The van der Waals surface area contributed by atoms with Gasteiger partial charge in [0, 0.05) is 23.9 Å². The zero-order chi connectivity index (χ0) is 23.6. The molecular weight excluding hydrogens is 445 g/mol. The Morgan fingerprint density at radius 2 is 1.91 bits per heavy atom. The van der Waals surface area contributed by atoms with Crippen LogP contribution in [0.4, 0.5) is 4.39 Å². The van der Waals surface area contributed by atoms with E-state index in [4.69, 9.17) is 5.73 Å². The SMILES string of the molecule is Cc1cnc2c(Cc3cc([C@]4(C)CS(=O)(=O)[C@@](C)(C5CC5)C(N)=N4)c(F)cn3)ncnc2n1. The number of aryl methyl sites for hydroxylation is 1. The van der Waals surface area contributed by atoms with Gasteiger partial charge in [-0.2, -0.15) is 0 Å². The van der Waals surface area contributed by atoms with E-state index in [2.05, 4.69) is 29.9 Å². The fourth-order valence-corrected chi connectivity index (χ4v) is 6.96. The highest BCUT2D eigenvalue weighted by molar-refractivity contribution is 7.93. The summed E-state index contributed by atoms with van der Waals surface area (Å²) in [5, 5.41) is 0. The topological polar surface area (TPSA) is 137 Å². The van der Waals surface area contributed by atoms with Crippen LogP contribution in [-0.2, 0) is 21.8 Å². The highest BCUT2D eigenvalue weighted by atomic mass is 32.2. The van der Waals surface area contributed by atoms with Crippen LogP contribution in [0.25, 0.3) is 11.2 Å². The van der Waals surface area contributed by atoms with E-state index in [1.54, 1.807) is 20.0 Å². The molecule has 3 aromatic heterocycles. The highest BCUT2D eigenvalue weighted by Crippen LogP contribution is 2.49. The zero-order valence-corrected chi connectivity index (χ0v) is 19.4. The molecule has 0 bridgehead atoms. The second-order valence-corrected chi connectivity index (χ2v) is 11.6. The molecule has 1 fully saturated rings. The Morgan fingerprint density at radius 1 is 1.15 bits per heavy atom. The summed E-state index contributed by atoms with van der Waals surface area (Å²) in [6.45, 7) is 5.05. The second-order valence-electron chi connectivity index (χ2n) is 9.25. The highest BCUT2D eigenvalue weighted by Gasteiger charge is 2.58. The number of rotatable bonds is 4. The summed E-state index contributed by atoms with van der Waals surface area (Å²) >= 11 is 0. The van der Waals surface area contributed by atoms with E-state index >= 15 is 0 Å². The minimum absolute atomic E-state index is 0.0376. The van der Waals surface area contributed by atoms with Crippen LogP contribution in [0.3, 0.4) is 0 Å². The summed E-state index contributed by atoms with van der Waals surface area (Å²) in [6, 6.07) is 1.54. The molecule has 0 aromatic carbocycles. The Kier molecular flexibility index (Phi) is 4.75. The Hall–Kier alpha value is -3.08. The lowest BCUT2D eigenvalue weighted by Crippen LogP contribution is -2.58. The molecule has 172 valence electrons. The number of aromatic nitrogens is 5. The molecule has 5 rings (SSSR count). The lowest BCUT2D eigenvalue weighted by molar-refractivity contribution is 0.461. The van der Waals surface area contributed by atoms with Crippen LogP contribution in [0.5, 0.6) is 0 Å². The maximum Gasteiger partial charge on any atom is 0.181 e. The maximum absolute atomic E-state index is 15.0. The van der Waals surface area contributed by atoms with Gasteiger partial charge in [0.1, 0.15) is 33.8 Å². The van der Waals surface area contributed by atoms with Crippen molar-refractivity contribution in [3.63, 3.8) is 0 Å². The van der Waals surface area contributed by atoms with Crippen molar-refractivity contribution < 1.29 is 12.8 Å². The predicted molar refractivity (Wildman–Crippen MR) is 121 cm³/mol. The van der Waals surface area contributed by atoms with E-state index in [1.807, 2.05) is 6.92 Å². The molecule has 2 atom stereocenters. The standard InChI is InChI=1S/C22H24FN7O2S/c1-12-8-26-18-17(27-11-28-19(18)29-12)7-14-6-15(16(23)9-25-14)21(2)10-33(31,32)22(3,13-4-5-13)20(24)30-21/h6,8-9,11,13H,4-5,7,10H2,1-3H3,(H2,24,30)/t21-,22-/m0/s1. The van der Waals surface area contributed by atoms with Gasteiger partial charge in [-0.05, 0) is 45.6 Å². The fraction of sp³-hybridized carbons (Fsp3) is 0.455. The van der Waals surface area contributed by atoms with E-state index in [1.165, 1.54) is 12.4 Å². The molecule has 2 aliphatic rings. The van der Waals surface area contributed by atoms with Crippen molar-refractivity contribution in [1.82, 2.24) is 24.9 Å². The minimum Gasteiger partial charge on any atom is -0.386 e. The maximum atomic E-state index is 15.0. The number of aliphatic imine (C=N–C) groups is 1. The van der Waals surface area contributed by atoms with Crippen LogP contribution in [0, 0.1) is 18.7 Å². The number of fused-ring (bicyclic) bond motifs is 1. The minimum atomic E-state index is -3.67. The first-order chi connectivity index (χ1) is 15.5. The summed E-state index contributed by atoms with van der Waals surface area (Å²) in [6.07, 6.45) is 5.95. The van der Waals surface area contributed by atoms with E-state index < -0.39 is 25.9 Å². The first kappa shape index (κ1) is 21.7. The molecule has 1 aliphatic carbocycles. The normalized spacial score (nSPS) is 26.8. The van der Waals surface area contributed by atoms with Crippen LogP contribution in [0.1, 0.15) is 49.3 Å². The summed E-state index contributed by atoms with van der Waals surface area (Å²) in [5.41, 5.74) is 7.82. The van der Waals surface area contributed by atoms with Gasteiger partial charge in [0.2, 0.25) is 0 Å². The summed E-state index contributed by atoms with van der Waals surface area (Å²) in [5.74, 6) is -0.950. The molecular formula is C22H24FN7O2S. The number of pyridine rings is 1. The van der Waals surface area contributed by atoms with Gasteiger partial charge in [0.05, 0.1) is 23.3 Å². The first-order valence-corrected chi connectivity index (χ1v) is 12.3. The summed E-state index contributed by atoms with van der Waals surface area (Å²) < 4.78 is 40.4. The largest absolute Gasteiger partial charge is 0.386 e. The van der Waals surface area contributed by atoms with Gasteiger partial charge in [-0.3, -0.25) is 9.98 Å². The molecule has 33 heavy (non-hydrogen) atoms. The predicted octanol–water partition coefficient (Wildman–Crippen LogP) is 2.02.